The molecule has 9 heteroatoms. The maximum absolute atomic E-state index is 12.9. The van der Waals surface area contributed by atoms with E-state index >= 15 is 0 Å². The van der Waals surface area contributed by atoms with E-state index in [1.165, 1.54) is 7.11 Å². The molecule has 0 aliphatic carbocycles. The van der Waals surface area contributed by atoms with Crippen molar-refractivity contribution in [3.05, 3.63) is 76.6 Å². The Morgan fingerprint density at radius 1 is 1.21 bits per heavy atom. The number of nitrogens with zero attached hydrogens (tertiary/aromatic N) is 3. The lowest BCUT2D eigenvalue weighted by Gasteiger charge is -2.18. The quantitative estimate of drug-likeness (QED) is 0.360. The first kappa shape index (κ1) is 21.6. The Morgan fingerprint density at radius 3 is 2.85 bits per heavy atom. The van der Waals surface area contributed by atoms with Gasteiger partial charge < -0.3 is 24.6 Å². The van der Waals surface area contributed by atoms with Crippen molar-refractivity contribution in [1.82, 2.24) is 5.16 Å². The second-order valence-electron chi connectivity index (χ2n) is 7.87. The van der Waals surface area contributed by atoms with Crippen molar-refractivity contribution in [3.63, 3.8) is 0 Å². The molecule has 0 radical (unpaired) electrons. The average Bonchev–Trinajstić information content (AvgIpc) is 3.42. The number of nitrogen functional groups attached to an aromatic ring is 1. The van der Waals surface area contributed by atoms with Crippen LogP contribution < -0.4 is 20.1 Å². The van der Waals surface area contributed by atoms with Crippen LogP contribution in [-0.4, -0.2) is 24.7 Å². The average molecular weight is 475 g/mol. The molecule has 1 fully saturated rings. The fourth-order valence-corrected chi connectivity index (χ4v) is 4.27. The van der Waals surface area contributed by atoms with Gasteiger partial charge in [0.25, 0.3) is 0 Å². The normalized spacial score (nSPS) is 15.5. The summed E-state index contributed by atoms with van der Waals surface area (Å²) in [6, 6.07) is 15.9. The monoisotopic (exact) mass is 474 g/mol. The number of carbonyl (C=O) groups excluding carboxylic acids is 1. The summed E-state index contributed by atoms with van der Waals surface area (Å²) in [5.41, 5.74) is 8.39. The topological polar surface area (TPSA) is 95.2 Å². The lowest BCUT2D eigenvalue weighted by atomic mass is 9.98. The van der Waals surface area contributed by atoms with Crippen LogP contribution in [-0.2, 0) is 4.79 Å². The van der Waals surface area contributed by atoms with Gasteiger partial charge in [0.15, 0.2) is 22.9 Å². The molecule has 5 rings (SSSR count). The zero-order valence-electron chi connectivity index (χ0n) is 18.1. The minimum absolute atomic E-state index is 0.00295. The highest BCUT2D eigenvalue weighted by atomic mass is 35.5. The molecule has 0 spiro atoms. The maximum atomic E-state index is 12.9. The van der Waals surface area contributed by atoms with Crippen LogP contribution in [0.1, 0.15) is 17.9 Å². The van der Waals surface area contributed by atoms with E-state index in [1.807, 2.05) is 24.3 Å². The first-order valence-electron chi connectivity index (χ1n) is 10.5. The maximum Gasteiger partial charge on any atom is 0.232 e. The number of para-hydroxylation sites is 1. The predicted octanol–water partition coefficient (Wildman–Crippen LogP) is 5.94. The summed E-state index contributed by atoms with van der Waals surface area (Å²) in [7, 11) is 1.51. The van der Waals surface area contributed by atoms with Crippen molar-refractivity contribution < 1.29 is 18.8 Å². The van der Waals surface area contributed by atoms with Gasteiger partial charge in [-0.05, 0) is 42.0 Å². The predicted molar refractivity (Wildman–Crippen MR) is 129 cm³/mol. The van der Waals surface area contributed by atoms with Crippen LogP contribution in [0.3, 0.4) is 0 Å². The fraction of sp³-hybridized carbons (Fsp3) is 0.160. The van der Waals surface area contributed by atoms with Gasteiger partial charge in [-0.25, -0.2) is 4.85 Å². The third-order valence-corrected chi connectivity index (χ3v) is 6.17. The van der Waals surface area contributed by atoms with E-state index in [-0.39, 0.29) is 17.6 Å². The van der Waals surface area contributed by atoms with Crippen molar-refractivity contribution in [1.29, 1.82) is 0 Å². The first-order valence-corrected chi connectivity index (χ1v) is 10.8. The van der Waals surface area contributed by atoms with Gasteiger partial charge in [-0.3, -0.25) is 4.79 Å². The van der Waals surface area contributed by atoms with E-state index in [4.69, 9.17) is 37.9 Å². The molecule has 1 aromatic heterocycles. The minimum atomic E-state index is -0.0689. The summed E-state index contributed by atoms with van der Waals surface area (Å²) in [6.45, 7) is 7.91. The number of amides is 1. The van der Waals surface area contributed by atoms with Gasteiger partial charge in [-0.1, -0.05) is 35.0 Å². The van der Waals surface area contributed by atoms with Crippen molar-refractivity contribution in [2.24, 2.45) is 0 Å². The molecule has 2 heterocycles. The van der Waals surface area contributed by atoms with Crippen LogP contribution in [0.5, 0.6) is 17.2 Å². The SMILES string of the molecule is [C-]#[N+]c1cccc(OC)c1Oc1cc([C@H]2CC(=O)N(c3ccc4onc(N)c4c3)C2)ccc1Cl. The Morgan fingerprint density at radius 2 is 2.06 bits per heavy atom. The Hall–Kier alpha value is -4.22. The van der Waals surface area contributed by atoms with Crippen molar-refractivity contribution in [2.75, 3.05) is 24.3 Å². The standard InChI is InChI=1S/C25H19ClN4O4/c1-28-19-4-3-5-21(32-2)24(19)33-22-10-14(6-8-18(22)26)15-11-23(31)30(13-15)16-7-9-20-17(12-16)25(27)29-34-20/h3-10,12,15H,11,13H2,2H3,(H2,27,29)/t15-/m0/s1. The smallest absolute Gasteiger partial charge is 0.232 e. The zero-order valence-corrected chi connectivity index (χ0v) is 18.9. The van der Waals surface area contributed by atoms with Crippen molar-refractivity contribution in [2.45, 2.75) is 12.3 Å². The molecule has 34 heavy (non-hydrogen) atoms. The highest BCUT2D eigenvalue weighted by molar-refractivity contribution is 6.32. The molecule has 1 aliphatic heterocycles. The summed E-state index contributed by atoms with van der Waals surface area (Å²) in [4.78, 5) is 18.1. The number of nitrogens with two attached hydrogens (primary N) is 1. The van der Waals surface area contributed by atoms with Gasteiger partial charge in [-0.2, -0.15) is 0 Å². The Bertz CT molecular complexity index is 1460. The molecule has 0 saturated carbocycles. The second kappa shape index (κ2) is 8.61. The highest BCUT2D eigenvalue weighted by Crippen LogP contribution is 2.43. The summed E-state index contributed by atoms with van der Waals surface area (Å²) in [5.74, 6) is 1.33. The van der Waals surface area contributed by atoms with Gasteiger partial charge in [-0.15, -0.1) is 0 Å². The van der Waals surface area contributed by atoms with Crippen molar-refractivity contribution in [3.8, 4) is 17.2 Å². The molecule has 1 aliphatic rings. The van der Waals surface area contributed by atoms with E-state index in [2.05, 4.69) is 10.0 Å². The van der Waals surface area contributed by atoms with Gasteiger partial charge >= 0.3 is 0 Å². The first-order chi connectivity index (χ1) is 16.5. The molecule has 170 valence electrons. The number of aromatic nitrogens is 1. The van der Waals surface area contributed by atoms with E-state index in [1.54, 1.807) is 35.2 Å². The number of benzene rings is 3. The van der Waals surface area contributed by atoms with Gasteiger partial charge in [0, 0.05) is 24.6 Å². The van der Waals surface area contributed by atoms with Crippen LogP contribution in [0.15, 0.2) is 59.1 Å². The molecule has 0 bridgehead atoms. The molecule has 8 nitrogen and oxygen atoms in total. The number of methoxy groups -OCH3 is 1. The lowest BCUT2D eigenvalue weighted by molar-refractivity contribution is -0.117. The van der Waals surface area contributed by atoms with E-state index in [0.717, 1.165) is 11.3 Å². The molecular weight excluding hydrogens is 456 g/mol. The number of carbonyl (C=O) groups is 1. The van der Waals surface area contributed by atoms with Crippen LogP contribution in [0.4, 0.5) is 17.2 Å². The summed E-state index contributed by atoms with van der Waals surface area (Å²) < 4.78 is 16.6. The largest absolute Gasteiger partial charge is 0.494 e. The molecular formula is C25H19ClN4O4. The lowest BCUT2D eigenvalue weighted by Crippen LogP contribution is -2.24. The Kier molecular flexibility index (Phi) is 5.48. The van der Waals surface area contributed by atoms with Gasteiger partial charge in [0.2, 0.25) is 11.6 Å². The molecule has 2 N–H and O–H groups in total. The summed E-state index contributed by atoms with van der Waals surface area (Å²) >= 11 is 6.41. The molecule has 4 aromatic rings. The number of halogens is 1. The third-order valence-electron chi connectivity index (χ3n) is 5.86. The number of ether oxygens (including phenoxy) is 2. The number of rotatable bonds is 5. The molecule has 1 saturated heterocycles. The minimum Gasteiger partial charge on any atom is -0.494 e. The van der Waals surface area contributed by atoms with E-state index < -0.39 is 0 Å². The van der Waals surface area contributed by atoms with Crippen LogP contribution in [0, 0.1) is 6.57 Å². The van der Waals surface area contributed by atoms with Crippen molar-refractivity contribution >= 4 is 45.7 Å². The molecule has 1 atom stereocenters. The third kappa shape index (κ3) is 3.76. The fourth-order valence-electron chi connectivity index (χ4n) is 4.11. The summed E-state index contributed by atoms with van der Waals surface area (Å²) in [6.07, 6.45) is 0.334. The number of hydrogen-bond donors (Lipinski definition) is 1. The van der Waals surface area contributed by atoms with E-state index in [0.29, 0.717) is 51.9 Å². The van der Waals surface area contributed by atoms with Gasteiger partial charge in [0.05, 0.1) is 24.1 Å². The van der Waals surface area contributed by atoms with Gasteiger partial charge in [0.1, 0.15) is 5.75 Å². The van der Waals surface area contributed by atoms with Crippen LogP contribution in [0.25, 0.3) is 15.8 Å². The Labute approximate surface area is 200 Å². The molecule has 3 aromatic carbocycles. The zero-order chi connectivity index (χ0) is 23.8. The van der Waals surface area contributed by atoms with E-state index in [9.17, 15) is 4.79 Å². The second-order valence-corrected chi connectivity index (χ2v) is 8.27. The Balaban J connectivity index is 1.43. The molecule has 0 unspecified atom stereocenters. The molecule has 1 amide bonds. The van der Waals surface area contributed by atoms with Crippen LogP contribution >= 0.6 is 11.6 Å². The highest BCUT2D eigenvalue weighted by Gasteiger charge is 2.32. The number of anilines is 2. The van der Waals surface area contributed by atoms with Crippen LogP contribution in [0.2, 0.25) is 5.02 Å². The summed E-state index contributed by atoms with van der Waals surface area (Å²) in [5, 5.41) is 4.83. The number of fused-ring (bicyclic) bond motifs is 1. The number of hydrogen-bond acceptors (Lipinski definition) is 6.